The summed E-state index contributed by atoms with van der Waals surface area (Å²) in [5, 5.41) is 8.67. The van der Waals surface area contributed by atoms with Gasteiger partial charge in [-0.2, -0.15) is 0 Å². The van der Waals surface area contributed by atoms with Gasteiger partial charge in [-0.15, -0.1) is 0 Å². The zero-order chi connectivity index (χ0) is 10.8. The van der Waals surface area contributed by atoms with Crippen LogP contribution in [0.25, 0.3) is 0 Å². The van der Waals surface area contributed by atoms with Gasteiger partial charge in [-0.3, -0.25) is 0 Å². The van der Waals surface area contributed by atoms with E-state index in [2.05, 4.69) is 0 Å². The third-order valence-corrected chi connectivity index (χ3v) is 1.68. The molecular weight excluding hydrogens is 184 g/mol. The van der Waals surface area contributed by atoms with Crippen molar-refractivity contribution < 1.29 is 19.4 Å². The Morgan fingerprint density at radius 1 is 1.29 bits per heavy atom. The molecule has 0 saturated carbocycles. The molecule has 0 aromatic rings. The summed E-state index contributed by atoms with van der Waals surface area (Å²) in [5.41, 5.74) is 0.390. The summed E-state index contributed by atoms with van der Waals surface area (Å²) in [6.45, 7) is 5.79. The lowest BCUT2D eigenvalue weighted by Gasteiger charge is -2.02. The maximum atomic E-state index is 10.5. The van der Waals surface area contributed by atoms with Crippen molar-refractivity contribution in [1.29, 1.82) is 0 Å². The number of aliphatic carboxylic acids is 1. The van der Waals surface area contributed by atoms with Gasteiger partial charge in [0.2, 0.25) is 0 Å². The Hall–Kier alpha value is -0.870. The van der Waals surface area contributed by atoms with Crippen LogP contribution in [0.5, 0.6) is 0 Å². The Bertz CT molecular complexity index is 187. The van der Waals surface area contributed by atoms with Gasteiger partial charge < -0.3 is 14.6 Å². The average Bonchev–Trinajstić information content (AvgIpc) is 2.16. The van der Waals surface area contributed by atoms with Gasteiger partial charge in [-0.25, -0.2) is 4.79 Å². The van der Waals surface area contributed by atoms with Crippen molar-refractivity contribution >= 4 is 5.97 Å². The van der Waals surface area contributed by atoms with E-state index in [0.29, 0.717) is 38.4 Å². The van der Waals surface area contributed by atoms with Crippen molar-refractivity contribution in [2.75, 3.05) is 26.4 Å². The molecule has 0 aliphatic rings. The molecule has 0 aliphatic heterocycles. The van der Waals surface area contributed by atoms with Crippen molar-refractivity contribution in [1.82, 2.24) is 0 Å². The first-order valence-electron chi connectivity index (χ1n) is 4.80. The quantitative estimate of drug-likeness (QED) is 0.478. The first kappa shape index (κ1) is 13.1. The molecule has 4 heteroatoms. The molecule has 4 nitrogen and oxygen atoms in total. The molecule has 0 aromatic carbocycles. The molecule has 0 amide bonds. The molecule has 1 N–H and O–H groups in total. The van der Waals surface area contributed by atoms with Crippen molar-refractivity contribution in [3.8, 4) is 0 Å². The third-order valence-electron chi connectivity index (χ3n) is 1.68. The average molecular weight is 202 g/mol. The second-order valence-corrected chi connectivity index (χ2v) is 2.66. The van der Waals surface area contributed by atoms with E-state index < -0.39 is 5.97 Å². The van der Waals surface area contributed by atoms with Crippen LogP contribution in [0.1, 0.15) is 20.3 Å². The Morgan fingerprint density at radius 3 is 2.43 bits per heavy atom. The van der Waals surface area contributed by atoms with Crippen molar-refractivity contribution in [2.24, 2.45) is 0 Å². The van der Waals surface area contributed by atoms with Crippen molar-refractivity contribution in [3.05, 3.63) is 11.6 Å². The Morgan fingerprint density at radius 2 is 1.93 bits per heavy atom. The first-order chi connectivity index (χ1) is 6.72. The van der Waals surface area contributed by atoms with Crippen LogP contribution in [-0.2, 0) is 14.3 Å². The summed E-state index contributed by atoms with van der Waals surface area (Å²) in [5.74, 6) is -0.874. The lowest BCUT2D eigenvalue weighted by atomic mass is 10.2. The van der Waals surface area contributed by atoms with Crippen LogP contribution in [0.4, 0.5) is 0 Å². The third kappa shape index (κ3) is 6.62. The SMILES string of the molecule is CCOCCOCC=C(CC)C(=O)O. The molecule has 0 heterocycles. The van der Waals surface area contributed by atoms with Gasteiger partial charge >= 0.3 is 5.97 Å². The Kier molecular flexibility index (Phi) is 8.17. The van der Waals surface area contributed by atoms with E-state index >= 15 is 0 Å². The first-order valence-corrected chi connectivity index (χ1v) is 4.80. The number of carbonyl (C=O) groups is 1. The second-order valence-electron chi connectivity index (χ2n) is 2.66. The van der Waals surface area contributed by atoms with E-state index in [4.69, 9.17) is 14.6 Å². The predicted octanol–water partition coefficient (Wildman–Crippen LogP) is 1.46. The largest absolute Gasteiger partial charge is 0.478 e. The fraction of sp³-hybridized carbons (Fsp3) is 0.700. The fourth-order valence-corrected chi connectivity index (χ4v) is 0.888. The molecule has 0 aromatic heterocycles. The van der Waals surface area contributed by atoms with Crippen LogP contribution in [0.2, 0.25) is 0 Å². The molecule has 0 atom stereocenters. The van der Waals surface area contributed by atoms with Gasteiger partial charge in [-0.05, 0) is 19.4 Å². The van der Waals surface area contributed by atoms with E-state index in [-0.39, 0.29) is 0 Å². The standard InChI is InChI=1S/C10H18O4/c1-3-9(10(11)12)5-6-14-8-7-13-4-2/h5H,3-4,6-8H2,1-2H3,(H,11,12). The van der Waals surface area contributed by atoms with Crippen LogP contribution >= 0.6 is 0 Å². The van der Waals surface area contributed by atoms with Crippen LogP contribution in [0.3, 0.4) is 0 Å². The van der Waals surface area contributed by atoms with Gasteiger partial charge in [0.15, 0.2) is 0 Å². The van der Waals surface area contributed by atoms with Gasteiger partial charge in [0, 0.05) is 12.2 Å². The van der Waals surface area contributed by atoms with Crippen LogP contribution in [0.15, 0.2) is 11.6 Å². The summed E-state index contributed by atoms with van der Waals surface area (Å²) in [6.07, 6.45) is 2.11. The molecule has 0 fully saturated rings. The predicted molar refractivity (Wildman–Crippen MR) is 53.3 cm³/mol. The number of carboxylic acid groups (broad SMARTS) is 1. The monoisotopic (exact) mass is 202 g/mol. The number of ether oxygens (including phenoxy) is 2. The van der Waals surface area contributed by atoms with Gasteiger partial charge in [-0.1, -0.05) is 6.92 Å². The van der Waals surface area contributed by atoms with Crippen molar-refractivity contribution in [3.63, 3.8) is 0 Å². The van der Waals surface area contributed by atoms with E-state index in [1.165, 1.54) is 0 Å². The molecule has 0 aliphatic carbocycles. The summed E-state index contributed by atoms with van der Waals surface area (Å²) in [6, 6.07) is 0. The highest BCUT2D eigenvalue weighted by Gasteiger charge is 2.02. The summed E-state index contributed by atoms with van der Waals surface area (Å²) in [7, 11) is 0. The molecule has 0 rings (SSSR count). The summed E-state index contributed by atoms with van der Waals surface area (Å²) in [4.78, 5) is 10.5. The Labute approximate surface area is 84.5 Å². The van der Waals surface area contributed by atoms with Gasteiger partial charge in [0.05, 0.1) is 19.8 Å². The minimum atomic E-state index is -0.874. The zero-order valence-electron chi connectivity index (χ0n) is 8.78. The Balaban J connectivity index is 3.53. The highest BCUT2D eigenvalue weighted by atomic mass is 16.5. The topological polar surface area (TPSA) is 55.8 Å². The maximum absolute atomic E-state index is 10.5. The normalized spacial score (nSPS) is 11.7. The number of hydrogen-bond donors (Lipinski definition) is 1. The van der Waals surface area contributed by atoms with Gasteiger partial charge in [0.25, 0.3) is 0 Å². The molecular formula is C10H18O4. The van der Waals surface area contributed by atoms with Crippen LogP contribution in [0, 0.1) is 0 Å². The van der Waals surface area contributed by atoms with Crippen LogP contribution < -0.4 is 0 Å². The van der Waals surface area contributed by atoms with E-state index in [1.54, 1.807) is 13.0 Å². The molecule has 0 saturated heterocycles. The lowest BCUT2D eigenvalue weighted by Crippen LogP contribution is -2.06. The molecule has 82 valence electrons. The second kappa shape index (κ2) is 8.72. The zero-order valence-corrected chi connectivity index (χ0v) is 8.78. The van der Waals surface area contributed by atoms with Crippen LogP contribution in [-0.4, -0.2) is 37.5 Å². The lowest BCUT2D eigenvalue weighted by molar-refractivity contribution is -0.132. The van der Waals surface area contributed by atoms with Gasteiger partial charge in [0.1, 0.15) is 0 Å². The number of rotatable bonds is 8. The number of hydrogen-bond acceptors (Lipinski definition) is 3. The molecule has 0 bridgehead atoms. The summed E-state index contributed by atoms with van der Waals surface area (Å²) < 4.78 is 10.2. The smallest absolute Gasteiger partial charge is 0.331 e. The van der Waals surface area contributed by atoms with E-state index in [9.17, 15) is 4.79 Å². The minimum absolute atomic E-state index is 0.336. The van der Waals surface area contributed by atoms with Crippen molar-refractivity contribution in [2.45, 2.75) is 20.3 Å². The molecule has 14 heavy (non-hydrogen) atoms. The highest BCUT2D eigenvalue weighted by molar-refractivity contribution is 5.86. The molecule has 0 unspecified atom stereocenters. The van der Waals surface area contributed by atoms with E-state index in [0.717, 1.165) is 0 Å². The highest BCUT2D eigenvalue weighted by Crippen LogP contribution is 1.99. The molecule has 0 radical (unpaired) electrons. The van der Waals surface area contributed by atoms with E-state index in [1.807, 2.05) is 6.92 Å². The maximum Gasteiger partial charge on any atom is 0.331 e. The number of carboxylic acids is 1. The minimum Gasteiger partial charge on any atom is -0.478 e. The summed E-state index contributed by atoms with van der Waals surface area (Å²) >= 11 is 0. The molecule has 0 spiro atoms. The fourth-order valence-electron chi connectivity index (χ4n) is 0.888.